The summed E-state index contributed by atoms with van der Waals surface area (Å²) in [4.78, 5) is 15.0. The molecule has 0 aliphatic heterocycles. The van der Waals surface area contributed by atoms with Gasteiger partial charge in [-0.05, 0) is 24.3 Å². The van der Waals surface area contributed by atoms with Gasteiger partial charge in [0.05, 0.1) is 7.11 Å². The van der Waals surface area contributed by atoms with E-state index >= 15 is 0 Å². The van der Waals surface area contributed by atoms with E-state index in [1.54, 1.807) is 6.07 Å². The van der Waals surface area contributed by atoms with Gasteiger partial charge in [-0.1, -0.05) is 0 Å². The standard InChI is InChI=1S/C14H10N2O4/c1-19-9-4-5-10(14(17)18)13(7-9)20-12-3-2-6-16-11(12)8-15/h2-7H,1H3,(H,17,18). The molecule has 0 saturated heterocycles. The molecule has 2 aromatic rings. The number of hydrogen-bond acceptors (Lipinski definition) is 5. The van der Waals surface area contributed by atoms with Crippen LogP contribution >= 0.6 is 0 Å². The summed E-state index contributed by atoms with van der Waals surface area (Å²) in [5.74, 6) is -0.412. The van der Waals surface area contributed by atoms with Crippen molar-refractivity contribution in [2.24, 2.45) is 0 Å². The first-order valence-electron chi connectivity index (χ1n) is 5.60. The summed E-state index contributed by atoms with van der Waals surface area (Å²) in [5, 5.41) is 18.1. The summed E-state index contributed by atoms with van der Waals surface area (Å²) < 4.78 is 10.5. The molecule has 0 saturated carbocycles. The smallest absolute Gasteiger partial charge is 0.339 e. The van der Waals surface area contributed by atoms with Crippen LogP contribution in [0.15, 0.2) is 36.5 Å². The Morgan fingerprint density at radius 2 is 2.15 bits per heavy atom. The van der Waals surface area contributed by atoms with Gasteiger partial charge in [-0.15, -0.1) is 0 Å². The Labute approximate surface area is 114 Å². The third-order valence-corrected chi connectivity index (χ3v) is 2.52. The van der Waals surface area contributed by atoms with Gasteiger partial charge in [-0.3, -0.25) is 0 Å². The minimum absolute atomic E-state index is 0.0291. The van der Waals surface area contributed by atoms with Gasteiger partial charge in [0.15, 0.2) is 11.4 Å². The number of benzene rings is 1. The zero-order valence-electron chi connectivity index (χ0n) is 10.5. The number of nitriles is 1. The van der Waals surface area contributed by atoms with Gasteiger partial charge in [0, 0.05) is 12.3 Å². The first-order chi connectivity index (χ1) is 9.65. The number of carboxylic acids is 1. The molecular weight excluding hydrogens is 260 g/mol. The quantitative estimate of drug-likeness (QED) is 0.917. The molecule has 1 N–H and O–H groups in total. The van der Waals surface area contributed by atoms with Crippen molar-refractivity contribution >= 4 is 5.97 Å². The van der Waals surface area contributed by atoms with Crippen LogP contribution in [0.5, 0.6) is 17.2 Å². The van der Waals surface area contributed by atoms with E-state index in [4.69, 9.17) is 19.8 Å². The Kier molecular flexibility index (Phi) is 3.82. The highest BCUT2D eigenvalue weighted by Crippen LogP contribution is 2.30. The van der Waals surface area contributed by atoms with Crippen molar-refractivity contribution in [3.05, 3.63) is 47.8 Å². The van der Waals surface area contributed by atoms with Crippen LogP contribution in [0.1, 0.15) is 16.1 Å². The van der Waals surface area contributed by atoms with E-state index in [0.29, 0.717) is 5.75 Å². The Bertz CT molecular complexity index is 692. The monoisotopic (exact) mass is 270 g/mol. The highest BCUT2D eigenvalue weighted by molar-refractivity contribution is 5.91. The highest BCUT2D eigenvalue weighted by atomic mass is 16.5. The van der Waals surface area contributed by atoms with Crippen LogP contribution in [0, 0.1) is 11.3 Å². The van der Waals surface area contributed by atoms with Gasteiger partial charge in [0.25, 0.3) is 0 Å². The van der Waals surface area contributed by atoms with Crippen LogP contribution in [0.25, 0.3) is 0 Å². The molecule has 0 spiro atoms. The lowest BCUT2D eigenvalue weighted by atomic mass is 10.2. The van der Waals surface area contributed by atoms with Crippen molar-refractivity contribution in [1.82, 2.24) is 4.98 Å². The summed E-state index contributed by atoms with van der Waals surface area (Å²) >= 11 is 0. The number of aromatic nitrogens is 1. The van der Waals surface area contributed by atoms with Crippen molar-refractivity contribution < 1.29 is 19.4 Å². The number of hydrogen-bond donors (Lipinski definition) is 1. The third kappa shape index (κ3) is 2.67. The maximum atomic E-state index is 11.2. The molecule has 0 bridgehead atoms. The summed E-state index contributed by atoms with van der Waals surface area (Å²) in [5.41, 5.74) is 0.0465. The highest BCUT2D eigenvalue weighted by Gasteiger charge is 2.15. The Morgan fingerprint density at radius 1 is 1.35 bits per heavy atom. The zero-order chi connectivity index (χ0) is 14.5. The van der Waals surface area contributed by atoms with Crippen LogP contribution in [0.2, 0.25) is 0 Å². The van der Waals surface area contributed by atoms with Gasteiger partial charge in [-0.25, -0.2) is 9.78 Å². The average Bonchev–Trinajstić information content (AvgIpc) is 2.47. The topological polar surface area (TPSA) is 92.4 Å². The van der Waals surface area contributed by atoms with Crippen molar-refractivity contribution in [2.45, 2.75) is 0 Å². The molecular formula is C14H10N2O4. The Balaban J connectivity index is 2.46. The molecule has 1 heterocycles. The summed E-state index contributed by atoms with van der Waals surface area (Å²) in [6.45, 7) is 0. The van der Waals surface area contributed by atoms with Crippen molar-refractivity contribution in [3.8, 4) is 23.3 Å². The molecule has 0 aliphatic rings. The molecule has 1 aromatic carbocycles. The second kappa shape index (κ2) is 5.71. The number of carbonyl (C=O) groups is 1. The van der Waals surface area contributed by atoms with E-state index in [1.807, 2.05) is 6.07 Å². The van der Waals surface area contributed by atoms with Crippen LogP contribution in [0.4, 0.5) is 0 Å². The first kappa shape index (κ1) is 13.4. The number of methoxy groups -OCH3 is 1. The first-order valence-corrected chi connectivity index (χ1v) is 5.60. The molecule has 0 radical (unpaired) electrons. The molecule has 20 heavy (non-hydrogen) atoms. The molecule has 0 amide bonds. The Hall–Kier alpha value is -3.07. The van der Waals surface area contributed by atoms with Gasteiger partial charge < -0.3 is 14.6 Å². The fourth-order valence-corrected chi connectivity index (χ4v) is 1.57. The number of nitrogens with zero attached hydrogens (tertiary/aromatic N) is 2. The Morgan fingerprint density at radius 3 is 2.80 bits per heavy atom. The largest absolute Gasteiger partial charge is 0.497 e. The van der Waals surface area contributed by atoms with Gasteiger partial charge >= 0.3 is 5.97 Å². The number of aromatic carboxylic acids is 1. The van der Waals surface area contributed by atoms with Crippen molar-refractivity contribution in [1.29, 1.82) is 5.26 Å². The summed E-state index contributed by atoms with van der Waals surface area (Å²) in [6.07, 6.45) is 1.45. The van der Waals surface area contributed by atoms with Gasteiger partial charge in [0.2, 0.25) is 0 Å². The minimum atomic E-state index is -1.13. The lowest BCUT2D eigenvalue weighted by Crippen LogP contribution is -2.01. The van der Waals surface area contributed by atoms with Crippen LogP contribution in [-0.2, 0) is 0 Å². The second-order valence-corrected chi connectivity index (χ2v) is 3.73. The van der Waals surface area contributed by atoms with E-state index in [-0.39, 0.29) is 22.8 Å². The lowest BCUT2D eigenvalue weighted by molar-refractivity contribution is 0.0694. The SMILES string of the molecule is COc1ccc(C(=O)O)c(Oc2cccnc2C#N)c1. The zero-order valence-corrected chi connectivity index (χ0v) is 10.5. The molecule has 6 heteroatoms. The third-order valence-electron chi connectivity index (χ3n) is 2.52. The normalized spacial score (nSPS) is 9.60. The minimum Gasteiger partial charge on any atom is -0.497 e. The van der Waals surface area contributed by atoms with Crippen molar-refractivity contribution in [2.75, 3.05) is 7.11 Å². The fraction of sp³-hybridized carbons (Fsp3) is 0.0714. The van der Waals surface area contributed by atoms with E-state index in [0.717, 1.165) is 0 Å². The molecule has 2 rings (SSSR count). The fourth-order valence-electron chi connectivity index (χ4n) is 1.57. The molecule has 0 fully saturated rings. The van der Waals surface area contributed by atoms with Crippen LogP contribution < -0.4 is 9.47 Å². The van der Waals surface area contributed by atoms with Crippen LogP contribution in [-0.4, -0.2) is 23.2 Å². The van der Waals surface area contributed by atoms with Crippen LogP contribution in [0.3, 0.4) is 0 Å². The molecule has 0 unspecified atom stereocenters. The van der Waals surface area contributed by atoms with Gasteiger partial charge in [0.1, 0.15) is 23.1 Å². The molecule has 0 atom stereocenters. The van der Waals surface area contributed by atoms with Crippen molar-refractivity contribution in [3.63, 3.8) is 0 Å². The van der Waals surface area contributed by atoms with E-state index in [2.05, 4.69) is 4.98 Å². The van der Waals surface area contributed by atoms with E-state index in [9.17, 15) is 4.79 Å². The van der Waals surface area contributed by atoms with E-state index < -0.39 is 5.97 Å². The number of ether oxygens (including phenoxy) is 2. The second-order valence-electron chi connectivity index (χ2n) is 3.73. The van der Waals surface area contributed by atoms with E-state index in [1.165, 1.54) is 37.6 Å². The molecule has 100 valence electrons. The molecule has 1 aromatic heterocycles. The maximum absolute atomic E-state index is 11.2. The maximum Gasteiger partial charge on any atom is 0.339 e. The molecule has 6 nitrogen and oxygen atoms in total. The predicted octanol–water partition coefficient (Wildman–Crippen LogP) is 2.45. The van der Waals surface area contributed by atoms with Gasteiger partial charge in [-0.2, -0.15) is 5.26 Å². The summed E-state index contributed by atoms with van der Waals surface area (Å²) in [7, 11) is 1.46. The molecule has 0 aliphatic carbocycles. The number of carboxylic acid groups (broad SMARTS) is 1. The predicted molar refractivity (Wildman–Crippen MR) is 69.0 cm³/mol. The average molecular weight is 270 g/mol. The lowest BCUT2D eigenvalue weighted by Gasteiger charge is -2.10. The number of rotatable bonds is 4. The number of pyridine rings is 1. The summed E-state index contributed by atoms with van der Waals surface area (Å²) in [6, 6.07) is 9.35.